The Balaban J connectivity index is 1.83. The first-order valence-electron chi connectivity index (χ1n) is 4.53. The van der Waals surface area contributed by atoms with Gasteiger partial charge in [-0.3, -0.25) is 0 Å². The van der Waals surface area contributed by atoms with Gasteiger partial charge in [-0.15, -0.1) is 0 Å². The van der Waals surface area contributed by atoms with Gasteiger partial charge in [-0.05, 0) is 6.92 Å². The molecule has 0 atom stereocenters. The summed E-state index contributed by atoms with van der Waals surface area (Å²) in [5, 5.41) is 14.3. The van der Waals surface area contributed by atoms with Crippen LogP contribution in [0.1, 0.15) is 23.1 Å². The van der Waals surface area contributed by atoms with Crippen LogP contribution in [0.25, 0.3) is 0 Å². The van der Waals surface area contributed by atoms with Crippen LogP contribution in [-0.4, -0.2) is 20.5 Å². The Morgan fingerprint density at radius 3 is 2.60 bits per heavy atom. The number of aryl methyl sites for hydroxylation is 2. The summed E-state index contributed by atoms with van der Waals surface area (Å²) in [7, 11) is 0. The number of hydrogen-bond acceptors (Lipinski definition) is 7. The molecule has 7 heteroatoms. The van der Waals surface area contributed by atoms with E-state index in [1.54, 1.807) is 6.92 Å². The van der Waals surface area contributed by atoms with Crippen LogP contribution in [0.4, 0.5) is 0 Å². The van der Waals surface area contributed by atoms with Crippen LogP contribution >= 0.6 is 0 Å². The second-order valence-corrected chi connectivity index (χ2v) is 3.13. The van der Waals surface area contributed by atoms with Crippen molar-refractivity contribution in [3.63, 3.8) is 0 Å². The Hall–Kier alpha value is -1.76. The van der Waals surface area contributed by atoms with E-state index >= 15 is 0 Å². The van der Waals surface area contributed by atoms with E-state index in [1.165, 1.54) is 0 Å². The molecular formula is C8H11N5O2. The fraction of sp³-hybridized carbons (Fsp3) is 0.500. The first kappa shape index (κ1) is 9.78. The molecule has 0 bridgehead atoms. The molecule has 0 fully saturated rings. The summed E-state index contributed by atoms with van der Waals surface area (Å²) in [6.45, 7) is 4.70. The van der Waals surface area contributed by atoms with E-state index < -0.39 is 0 Å². The number of hydrogen-bond donors (Lipinski definition) is 1. The van der Waals surface area contributed by atoms with Crippen molar-refractivity contribution < 1.29 is 9.15 Å². The van der Waals surface area contributed by atoms with Crippen molar-refractivity contribution in [3.8, 4) is 0 Å². The molecule has 0 unspecified atom stereocenters. The van der Waals surface area contributed by atoms with Crippen molar-refractivity contribution in [2.45, 2.75) is 26.9 Å². The van der Waals surface area contributed by atoms with Crippen molar-refractivity contribution in [1.82, 2.24) is 25.8 Å². The largest absolute Gasteiger partial charge is 0.340 e. The molecule has 0 saturated carbocycles. The maximum atomic E-state index is 4.83. The minimum atomic E-state index is 0.531. The maximum absolute atomic E-state index is 4.83. The fourth-order valence-electron chi connectivity index (χ4n) is 1.12. The predicted octanol–water partition coefficient (Wildman–Crippen LogP) is 0.359. The molecule has 0 aliphatic heterocycles. The topological polar surface area (TPSA) is 89.9 Å². The summed E-state index contributed by atoms with van der Waals surface area (Å²) in [6, 6.07) is 0. The summed E-state index contributed by atoms with van der Waals surface area (Å²) < 4.78 is 9.39. The minimum absolute atomic E-state index is 0.531. The summed E-state index contributed by atoms with van der Waals surface area (Å²) in [4.78, 5) is 4.05. The molecule has 1 N–H and O–H groups in total. The fourth-order valence-corrected chi connectivity index (χ4v) is 1.12. The van der Waals surface area contributed by atoms with Crippen molar-refractivity contribution in [2.24, 2.45) is 0 Å². The van der Waals surface area contributed by atoms with E-state index in [4.69, 9.17) is 4.52 Å². The van der Waals surface area contributed by atoms with Crippen LogP contribution < -0.4 is 5.32 Å². The maximum Gasteiger partial charge on any atom is 0.223 e. The Morgan fingerprint density at radius 2 is 2.00 bits per heavy atom. The molecular weight excluding hydrogens is 198 g/mol. The number of rotatable bonds is 4. The molecule has 0 amide bonds. The Bertz CT molecular complexity index is 436. The minimum Gasteiger partial charge on any atom is -0.340 e. The zero-order valence-corrected chi connectivity index (χ0v) is 8.52. The lowest BCUT2D eigenvalue weighted by Crippen LogP contribution is -2.14. The molecule has 80 valence electrons. The molecule has 0 spiro atoms. The van der Waals surface area contributed by atoms with Gasteiger partial charge in [-0.2, -0.15) is 4.98 Å². The highest BCUT2D eigenvalue weighted by molar-refractivity contribution is 5.03. The van der Waals surface area contributed by atoms with Gasteiger partial charge >= 0.3 is 0 Å². The molecule has 2 aromatic heterocycles. The monoisotopic (exact) mass is 209 g/mol. The highest BCUT2D eigenvalue weighted by atomic mass is 16.6. The molecule has 2 heterocycles. The van der Waals surface area contributed by atoms with Gasteiger partial charge in [-0.25, -0.2) is 4.63 Å². The molecule has 7 nitrogen and oxygen atoms in total. The summed E-state index contributed by atoms with van der Waals surface area (Å²) in [5.74, 6) is 1.19. The Labute approximate surface area is 85.8 Å². The summed E-state index contributed by atoms with van der Waals surface area (Å²) >= 11 is 0. The van der Waals surface area contributed by atoms with Gasteiger partial charge in [0.1, 0.15) is 11.4 Å². The van der Waals surface area contributed by atoms with E-state index in [0.29, 0.717) is 24.8 Å². The third-order valence-electron chi connectivity index (χ3n) is 1.89. The van der Waals surface area contributed by atoms with E-state index in [0.717, 1.165) is 11.4 Å². The van der Waals surface area contributed by atoms with Gasteiger partial charge in [0.15, 0.2) is 5.82 Å². The number of nitrogens with one attached hydrogen (secondary N) is 1. The molecule has 0 radical (unpaired) electrons. The van der Waals surface area contributed by atoms with Crippen molar-refractivity contribution >= 4 is 0 Å². The number of nitrogens with zero attached hydrogens (tertiary/aromatic N) is 4. The Morgan fingerprint density at radius 1 is 1.13 bits per heavy atom. The highest BCUT2D eigenvalue weighted by Gasteiger charge is 2.05. The summed E-state index contributed by atoms with van der Waals surface area (Å²) in [5.41, 5.74) is 1.57. The normalized spacial score (nSPS) is 10.8. The molecule has 15 heavy (non-hydrogen) atoms. The Kier molecular flexibility index (Phi) is 2.72. The smallest absolute Gasteiger partial charge is 0.223 e. The average Bonchev–Trinajstić information content (AvgIpc) is 2.77. The van der Waals surface area contributed by atoms with E-state index in [2.05, 4.69) is 30.4 Å². The van der Waals surface area contributed by atoms with Gasteiger partial charge in [0, 0.05) is 13.5 Å². The van der Waals surface area contributed by atoms with Crippen molar-refractivity contribution in [3.05, 3.63) is 23.1 Å². The van der Waals surface area contributed by atoms with Crippen molar-refractivity contribution in [2.75, 3.05) is 0 Å². The van der Waals surface area contributed by atoms with Gasteiger partial charge < -0.3 is 9.84 Å². The zero-order valence-electron chi connectivity index (χ0n) is 8.52. The second-order valence-electron chi connectivity index (χ2n) is 3.13. The highest BCUT2D eigenvalue weighted by Crippen LogP contribution is 2.00. The average molecular weight is 209 g/mol. The second kappa shape index (κ2) is 4.18. The van der Waals surface area contributed by atoms with Gasteiger partial charge in [0.2, 0.25) is 5.89 Å². The van der Waals surface area contributed by atoms with Crippen LogP contribution in [0.3, 0.4) is 0 Å². The van der Waals surface area contributed by atoms with E-state index in [-0.39, 0.29) is 0 Å². The van der Waals surface area contributed by atoms with Crippen LogP contribution in [0, 0.1) is 13.8 Å². The lowest BCUT2D eigenvalue weighted by Gasteiger charge is -1.96. The predicted molar refractivity (Wildman–Crippen MR) is 48.6 cm³/mol. The quantitative estimate of drug-likeness (QED) is 0.777. The van der Waals surface area contributed by atoms with Crippen LogP contribution in [0.2, 0.25) is 0 Å². The number of aromatic nitrogens is 4. The molecule has 0 aromatic carbocycles. The van der Waals surface area contributed by atoms with Crippen LogP contribution in [0.5, 0.6) is 0 Å². The van der Waals surface area contributed by atoms with Gasteiger partial charge in [0.05, 0.1) is 6.54 Å². The third kappa shape index (κ3) is 2.38. The zero-order chi connectivity index (χ0) is 10.7. The lowest BCUT2D eigenvalue weighted by atomic mass is 10.3. The third-order valence-corrected chi connectivity index (χ3v) is 1.89. The summed E-state index contributed by atoms with van der Waals surface area (Å²) in [6.07, 6.45) is 0. The van der Waals surface area contributed by atoms with E-state index in [1.807, 2.05) is 6.92 Å². The molecule has 0 saturated heterocycles. The molecule has 2 aromatic rings. The molecule has 2 rings (SSSR count). The van der Waals surface area contributed by atoms with Gasteiger partial charge in [-0.1, -0.05) is 15.5 Å². The van der Waals surface area contributed by atoms with Crippen molar-refractivity contribution in [1.29, 1.82) is 0 Å². The standard InChI is InChI=1S/C8H11N5O2/c1-5-7(12-15-11-5)3-9-4-8-10-6(2)14-13-8/h9H,3-4H2,1-2H3. The molecule has 0 aliphatic carbocycles. The van der Waals surface area contributed by atoms with E-state index in [9.17, 15) is 0 Å². The lowest BCUT2D eigenvalue weighted by molar-refractivity contribution is 0.300. The molecule has 0 aliphatic rings. The van der Waals surface area contributed by atoms with Gasteiger partial charge in [0.25, 0.3) is 0 Å². The first-order valence-corrected chi connectivity index (χ1v) is 4.53. The SMILES string of the molecule is Cc1nc(CNCc2nonc2C)no1. The van der Waals surface area contributed by atoms with Crippen LogP contribution in [0.15, 0.2) is 9.15 Å². The van der Waals surface area contributed by atoms with Crippen LogP contribution in [-0.2, 0) is 13.1 Å². The first-order chi connectivity index (χ1) is 7.25.